The molecule has 17 heavy (non-hydrogen) atoms. The molecule has 1 fully saturated rings. The molecule has 1 aromatic carbocycles. The summed E-state index contributed by atoms with van der Waals surface area (Å²) in [7, 11) is 0. The average Bonchev–Trinajstić information content (AvgIpc) is 3.19. The fourth-order valence-electron chi connectivity index (χ4n) is 1.80. The summed E-state index contributed by atoms with van der Waals surface area (Å²) in [6.07, 6.45) is 0.241. The molecule has 0 radical (unpaired) electrons. The minimum atomic E-state index is -0.0522. The van der Waals surface area contributed by atoms with Gasteiger partial charge in [-0.1, -0.05) is 12.1 Å². The van der Waals surface area contributed by atoms with Crippen molar-refractivity contribution in [3.8, 4) is 11.5 Å². The van der Waals surface area contributed by atoms with Gasteiger partial charge in [-0.05, 0) is 19.1 Å². The van der Waals surface area contributed by atoms with Crippen LogP contribution in [0, 0.1) is 0 Å². The van der Waals surface area contributed by atoms with E-state index in [1.807, 2.05) is 31.2 Å². The summed E-state index contributed by atoms with van der Waals surface area (Å²) in [6, 6.07) is 7.70. The molecule has 2 heterocycles. The molecule has 0 amide bonds. The van der Waals surface area contributed by atoms with Gasteiger partial charge in [0.25, 0.3) is 0 Å². The van der Waals surface area contributed by atoms with Crippen LogP contribution in [0.2, 0.25) is 0 Å². The Morgan fingerprint density at radius 2 is 2.06 bits per heavy atom. The Morgan fingerprint density at radius 3 is 2.82 bits per heavy atom. The van der Waals surface area contributed by atoms with E-state index in [0.717, 1.165) is 18.1 Å². The van der Waals surface area contributed by atoms with Gasteiger partial charge in [0.1, 0.15) is 12.7 Å². The standard InChI is InChI=1S/C13H16O4/c1-9(14-6-10-7-15-10)13-8-16-11-4-2-3-5-12(11)17-13/h2-5,9-10,13H,6-8H2,1H3/t9-,10-,13+/m0/s1. The molecule has 3 rings (SSSR count). The van der Waals surface area contributed by atoms with Gasteiger partial charge in [0.15, 0.2) is 17.6 Å². The lowest BCUT2D eigenvalue weighted by atomic mass is 10.2. The molecule has 4 heteroatoms. The van der Waals surface area contributed by atoms with E-state index in [2.05, 4.69) is 0 Å². The number of para-hydroxylation sites is 2. The van der Waals surface area contributed by atoms with E-state index < -0.39 is 0 Å². The van der Waals surface area contributed by atoms with E-state index in [-0.39, 0.29) is 18.3 Å². The normalized spacial score (nSPS) is 27.6. The topological polar surface area (TPSA) is 40.2 Å². The highest BCUT2D eigenvalue weighted by molar-refractivity contribution is 5.40. The Bertz CT molecular complexity index is 389. The summed E-state index contributed by atoms with van der Waals surface area (Å²) in [4.78, 5) is 0. The Morgan fingerprint density at radius 1 is 1.29 bits per heavy atom. The molecular formula is C13H16O4. The van der Waals surface area contributed by atoms with Gasteiger partial charge in [0.2, 0.25) is 0 Å². The maximum absolute atomic E-state index is 5.86. The lowest BCUT2D eigenvalue weighted by Gasteiger charge is -2.30. The van der Waals surface area contributed by atoms with Crippen LogP contribution < -0.4 is 9.47 Å². The number of hydrogen-bond donors (Lipinski definition) is 0. The molecule has 2 aliphatic rings. The van der Waals surface area contributed by atoms with E-state index in [1.54, 1.807) is 0 Å². The van der Waals surface area contributed by atoms with Crippen molar-refractivity contribution < 1.29 is 18.9 Å². The number of epoxide rings is 1. The third kappa shape index (κ3) is 2.53. The van der Waals surface area contributed by atoms with Crippen LogP contribution in [-0.4, -0.2) is 38.1 Å². The van der Waals surface area contributed by atoms with Gasteiger partial charge in [-0.3, -0.25) is 0 Å². The quantitative estimate of drug-likeness (QED) is 0.745. The van der Waals surface area contributed by atoms with Crippen molar-refractivity contribution in [1.82, 2.24) is 0 Å². The van der Waals surface area contributed by atoms with Crippen LogP contribution in [0.1, 0.15) is 6.92 Å². The fourth-order valence-corrected chi connectivity index (χ4v) is 1.80. The molecule has 0 saturated carbocycles. The van der Waals surface area contributed by atoms with Crippen molar-refractivity contribution in [3.05, 3.63) is 24.3 Å². The number of benzene rings is 1. The summed E-state index contributed by atoms with van der Waals surface area (Å²) in [6.45, 7) is 3.99. The zero-order valence-electron chi connectivity index (χ0n) is 9.80. The fraction of sp³-hybridized carbons (Fsp3) is 0.538. The van der Waals surface area contributed by atoms with Crippen LogP contribution >= 0.6 is 0 Å². The number of rotatable bonds is 4. The van der Waals surface area contributed by atoms with Crippen molar-refractivity contribution in [2.24, 2.45) is 0 Å². The zero-order valence-corrected chi connectivity index (χ0v) is 9.80. The van der Waals surface area contributed by atoms with Crippen LogP contribution in [0.4, 0.5) is 0 Å². The zero-order chi connectivity index (χ0) is 11.7. The molecule has 0 aliphatic carbocycles. The first-order valence-electron chi connectivity index (χ1n) is 5.94. The summed E-state index contributed by atoms with van der Waals surface area (Å²) in [5.41, 5.74) is 0. The highest BCUT2D eigenvalue weighted by atomic mass is 16.6. The first kappa shape index (κ1) is 10.9. The van der Waals surface area contributed by atoms with E-state index >= 15 is 0 Å². The van der Waals surface area contributed by atoms with Crippen molar-refractivity contribution >= 4 is 0 Å². The predicted molar refractivity (Wildman–Crippen MR) is 61.5 cm³/mol. The first-order chi connectivity index (χ1) is 8.33. The Hall–Kier alpha value is -1.26. The van der Waals surface area contributed by atoms with Crippen LogP contribution in [0.3, 0.4) is 0 Å². The SMILES string of the molecule is C[C@H](OC[C@H]1CO1)[C@H]1COc2ccccc2O1. The summed E-state index contributed by atoms with van der Waals surface area (Å²) < 4.78 is 22.3. The molecule has 92 valence electrons. The van der Waals surface area contributed by atoms with Crippen molar-refractivity contribution in [3.63, 3.8) is 0 Å². The van der Waals surface area contributed by atoms with E-state index in [9.17, 15) is 0 Å². The first-order valence-corrected chi connectivity index (χ1v) is 5.94. The smallest absolute Gasteiger partial charge is 0.161 e. The van der Waals surface area contributed by atoms with Crippen molar-refractivity contribution in [2.75, 3.05) is 19.8 Å². The monoisotopic (exact) mass is 236 g/mol. The van der Waals surface area contributed by atoms with Crippen LogP contribution in [0.25, 0.3) is 0 Å². The van der Waals surface area contributed by atoms with E-state index in [1.165, 1.54) is 0 Å². The average molecular weight is 236 g/mol. The maximum atomic E-state index is 5.86. The molecule has 0 bridgehead atoms. The number of ether oxygens (including phenoxy) is 4. The van der Waals surface area contributed by atoms with Gasteiger partial charge in [-0.2, -0.15) is 0 Å². The largest absolute Gasteiger partial charge is 0.486 e. The lowest BCUT2D eigenvalue weighted by Crippen LogP contribution is -2.40. The molecule has 2 aliphatic heterocycles. The van der Waals surface area contributed by atoms with Gasteiger partial charge < -0.3 is 18.9 Å². The Kier molecular flexibility index (Phi) is 2.91. The van der Waals surface area contributed by atoms with Gasteiger partial charge in [-0.15, -0.1) is 0 Å². The molecule has 0 unspecified atom stereocenters. The summed E-state index contributed by atoms with van der Waals surface area (Å²) in [5.74, 6) is 1.60. The molecule has 4 nitrogen and oxygen atoms in total. The second-order valence-corrected chi connectivity index (χ2v) is 4.41. The van der Waals surface area contributed by atoms with Gasteiger partial charge in [0, 0.05) is 0 Å². The Balaban J connectivity index is 1.58. The summed E-state index contributed by atoms with van der Waals surface area (Å²) in [5, 5.41) is 0. The van der Waals surface area contributed by atoms with Gasteiger partial charge in [0.05, 0.1) is 19.3 Å². The maximum Gasteiger partial charge on any atom is 0.161 e. The second-order valence-electron chi connectivity index (χ2n) is 4.41. The summed E-state index contributed by atoms with van der Waals surface area (Å²) >= 11 is 0. The van der Waals surface area contributed by atoms with Crippen molar-refractivity contribution in [1.29, 1.82) is 0 Å². The molecule has 1 saturated heterocycles. The predicted octanol–water partition coefficient (Wildman–Crippen LogP) is 1.63. The molecular weight excluding hydrogens is 220 g/mol. The van der Waals surface area contributed by atoms with Crippen LogP contribution in [0.15, 0.2) is 24.3 Å². The van der Waals surface area contributed by atoms with Crippen LogP contribution in [-0.2, 0) is 9.47 Å². The third-order valence-corrected chi connectivity index (χ3v) is 3.00. The second kappa shape index (κ2) is 4.55. The van der Waals surface area contributed by atoms with Crippen LogP contribution in [0.5, 0.6) is 11.5 Å². The third-order valence-electron chi connectivity index (χ3n) is 3.00. The highest BCUT2D eigenvalue weighted by Gasteiger charge is 2.29. The Labute approximate surface area is 100 Å². The van der Waals surface area contributed by atoms with Gasteiger partial charge >= 0.3 is 0 Å². The molecule has 3 atom stereocenters. The molecule has 0 N–H and O–H groups in total. The van der Waals surface area contributed by atoms with E-state index in [0.29, 0.717) is 13.2 Å². The molecule has 0 spiro atoms. The minimum absolute atomic E-state index is 0.00700. The lowest BCUT2D eigenvalue weighted by molar-refractivity contribution is -0.0475. The van der Waals surface area contributed by atoms with Crippen molar-refractivity contribution in [2.45, 2.75) is 25.2 Å². The number of hydrogen-bond acceptors (Lipinski definition) is 4. The number of fused-ring (bicyclic) bond motifs is 1. The minimum Gasteiger partial charge on any atom is -0.486 e. The van der Waals surface area contributed by atoms with E-state index in [4.69, 9.17) is 18.9 Å². The molecule has 0 aromatic heterocycles. The highest BCUT2D eigenvalue weighted by Crippen LogP contribution is 2.32. The van der Waals surface area contributed by atoms with Gasteiger partial charge in [-0.25, -0.2) is 0 Å². The molecule has 1 aromatic rings.